The summed E-state index contributed by atoms with van der Waals surface area (Å²) in [6, 6.07) is 7.46. The van der Waals surface area contributed by atoms with Gasteiger partial charge in [-0.05, 0) is 37.2 Å². The first-order chi connectivity index (χ1) is 12.5. The van der Waals surface area contributed by atoms with E-state index in [0.29, 0.717) is 36.0 Å². The van der Waals surface area contributed by atoms with Gasteiger partial charge in [0.15, 0.2) is 5.05 Å². The van der Waals surface area contributed by atoms with E-state index in [-0.39, 0.29) is 15.9 Å². The van der Waals surface area contributed by atoms with E-state index in [4.69, 9.17) is 26.4 Å². The van der Waals surface area contributed by atoms with Crippen molar-refractivity contribution < 1.29 is 19.0 Å². The van der Waals surface area contributed by atoms with Crippen LogP contribution >= 0.6 is 24.0 Å². The molecule has 142 valence electrons. The van der Waals surface area contributed by atoms with Crippen molar-refractivity contribution in [3.05, 3.63) is 35.4 Å². The molecule has 0 saturated carbocycles. The predicted octanol–water partition coefficient (Wildman–Crippen LogP) is 4.11. The summed E-state index contributed by atoms with van der Waals surface area (Å²) in [5, 5.41) is 0.440. The van der Waals surface area contributed by atoms with Gasteiger partial charge in [-0.1, -0.05) is 37.7 Å². The Morgan fingerprint density at radius 1 is 1.08 bits per heavy atom. The summed E-state index contributed by atoms with van der Waals surface area (Å²) in [5.74, 6) is 0.778. The Labute approximate surface area is 165 Å². The van der Waals surface area contributed by atoms with Gasteiger partial charge in [0.1, 0.15) is 0 Å². The molecule has 26 heavy (non-hydrogen) atoms. The Hall–Kier alpha value is -0.950. The van der Waals surface area contributed by atoms with Crippen LogP contribution in [0.2, 0.25) is 0 Å². The van der Waals surface area contributed by atoms with Crippen LogP contribution in [0.1, 0.15) is 42.6 Å². The van der Waals surface area contributed by atoms with Crippen LogP contribution in [0.25, 0.3) is 0 Å². The van der Waals surface area contributed by atoms with Crippen LogP contribution in [-0.4, -0.2) is 49.0 Å². The molecule has 2 aliphatic rings. The van der Waals surface area contributed by atoms with Crippen molar-refractivity contribution in [1.29, 1.82) is 0 Å². The third-order valence-electron chi connectivity index (χ3n) is 5.52. The lowest BCUT2D eigenvalue weighted by atomic mass is 9.84. The summed E-state index contributed by atoms with van der Waals surface area (Å²) >= 11 is 6.84. The quantitative estimate of drug-likeness (QED) is 0.619. The molecule has 2 heterocycles. The highest BCUT2D eigenvalue weighted by Crippen LogP contribution is 2.36. The minimum absolute atomic E-state index is 0.0449. The van der Waals surface area contributed by atoms with Gasteiger partial charge in [0.25, 0.3) is 0 Å². The fraction of sp³-hybridized carbons (Fsp3) is 0.600. The SMILES string of the molecule is CCC1(COC(=S)c2ccccc2C(=O)SCC2(CC)COC2)COC1. The Kier molecular flexibility index (Phi) is 6.38. The van der Waals surface area contributed by atoms with Crippen LogP contribution < -0.4 is 0 Å². The fourth-order valence-corrected chi connectivity index (χ4v) is 4.37. The maximum absolute atomic E-state index is 12.8. The first-order valence-electron chi connectivity index (χ1n) is 9.12. The maximum atomic E-state index is 12.8. The number of rotatable bonds is 8. The summed E-state index contributed by atoms with van der Waals surface area (Å²) < 4.78 is 16.6. The number of carbonyl (C=O) groups is 1. The van der Waals surface area contributed by atoms with E-state index < -0.39 is 0 Å². The van der Waals surface area contributed by atoms with E-state index in [1.165, 1.54) is 11.8 Å². The first kappa shape index (κ1) is 19.8. The van der Waals surface area contributed by atoms with Gasteiger partial charge in [0.2, 0.25) is 5.12 Å². The van der Waals surface area contributed by atoms with Crippen molar-refractivity contribution in [2.45, 2.75) is 26.7 Å². The van der Waals surface area contributed by atoms with Crippen LogP contribution in [0.3, 0.4) is 0 Å². The zero-order valence-corrected chi connectivity index (χ0v) is 17.0. The molecular weight excluding hydrogens is 368 g/mol. The molecule has 0 atom stereocenters. The molecule has 3 rings (SSSR count). The molecule has 0 aromatic heterocycles. The number of carbonyl (C=O) groups excluding carboxylic acids is 1. The van der Waals surface area contributed by atoms with Gasteiger partial charge in [-0.15, -0.1) is 0 Å². The lowest BCUT2D eigenvalue weighted by Crippen LogP contribution is -2.46. The lowest BCUT2D eigenvalue weighted by molar-refractivity contribution is -0.135. The summed E-state index contributed by atoms with van der Waals surface area (Å²) in [6.45, 7) is 7.74. The number of hydrogen-bond acceptors (Lipinski definition) is 6. The Morgan fingerprint density at radius 3 is 2.15 bits per heavy atom. The first-order valence-corrected chi connectivity index (χ1v) is 10.5. The fourth-order valence-electron chi connectivity index (χ4n) is 2.99. The van der Waals surface area contributed by atoms with Gasteiger partial charge >= 0.3 is 0 Å². The van der Waals surface area contributed by atoms with E-state index >= 15 is 0 Å². The Bertz CT molecular complexity index is 598. The van der Waals surface area contributed by atoms with Gasteiger partial charge in [0, 0.05) is 22.3 Å². The highest BCUT2D eigenvalue weighted by atomic mass is 32.2. The normalized spacial score (nSPS) is 19.9. The van der Waals surface area contributed by atoms with Crippen LogP contribution in [0.4, 0.5) is 0 Å². The molecule has 0 radical (unpaired) electrons. The zero-order valence-electron chi connectivity index (χ0n) is 15.4. The molecule has 2 saturated heterocycles. The predicted molar refractivity (Wildman–Crippen MR) is 108 cm³/mol. The molecule has 1 aromatic rings. The van der Waals surface area contributed by atoms with Crippen LogP contribution in [0.5, 0.6) is 0 Å². The molecule has 6 heteroatoms. The number of benzene rings is 1. The summed E-state index contributed by atoms with van der Waals surface area (Å²) in [4.78, 5) is 12.8. The molecule has 2 aliphatic heterocycles. The van der Waals surface area contributed by atoms with E-state index in [0.717, 1.165) is 31.8 Å². The summed E-state index contributed by atoms with van der Waals surface area (Å²) in [6.07, 6.45) is 2.02. The van der Waals surface area contributed by atoms with E-state index in [1.54, 1.807) is 0 Å². The second-order valence-electron chi connectivity index (χ2n) is 7.39. The van der Waals surface area contributed by atoms with Crippen LogP contribution in [-0.2, 0) is 14.2 Å². The second kappa shape index (κ2) is 8.38. The van der Waals surface area contributed by atoms with Gasteiger partial charge in [-0.25, -0.2) is 0 Å². The van der Waals surface area contributed by atoms with Crippen molar-refractivity contribution in [2.75, 3.05) is 38.8 Å². The number of thiocarbonyl (C=S) groups is 1. The molecule has 1 aromatic carbocycles. The van der Waals surface area contributed by atoms with Crippen molar-refractivity contribution in [1.82, 2.24) is 0 Å². The monoisotopic (exact) mass is 394 g/mol. The van der Waals surface area contributed by atoms with E-state index in [2.05, 4.69) is 13.8 Å². The number of ether oxygens (including phenoxy) is 3. The Morgan fingerprint density at radius 2 is 1.65 bits per heavy atom. The van der Waals surface area contributed by atoms with Crippen LogP contribution in [0, 0.1) is 10.8 Å². The van der Waals surface area contributed by atoms with E-state index in [9.17, 15) is 4.79 Å². The zero-order chi connectivity index (χ0) is 18.6. The Balaban J connectivity index is 1.63. The van der Waals surface area contributed by atoms with Crippen molar-refractivity contribution >= 4 is 34.1 Å². The van der Waals surface area contributed by atoms with Crippen molar-refractivity contribution in [3.8, 4) is 0 Å². The topological polar surface area (TPSA) is 44.8 Å². The average molecular weight is 395 g/mol. The van der Waals surface area contributed by atoms with Crippen LogP contribution in [0.15, 0.2) is 24.3 Å². The third-order valence-corrected chi connectivity index (χ3v) is 7.10. The number of thioether (sulfide) groups is 1. The van der Waals surface area contributed by atoms with Gasteiger partial charge < -0.3 is 14.2 Å². The molecule has 0 unspecified atom stereocenters. The van der Waals surface area contributed by atoms with Gasteiger partial charge in [-0.2, -0.15) is 0 Å². The molecule has 0 aliphatic carbocycles. The highest BCUT2D eigenvalue weighted by molar-refractivity contribution is 8.14. The molecular formula is C20H26O4S2. The van der Waals surface area contributed by atoms with E-state index in [1.807, 2.05) is 24.3 Å². The minimum Gasteiger partial charge on any atom is -0.482 e. The highest BCUT2D eigenvalue weighted by Gasteiger charge is 2.39. The molecule has 0 spiro atoms. The molecule has 4 nitrogen and oxygen atoms in total. The molecule has 0 amide bonds. The number of hydrogen-bond donors (Lipinski definition) is 0. The standard InChI is InChI=1S/C20H26O4S2/c1-3-19(9-22-10-19)13-24-18(25)16-8-6-5-7-15(16)17(21)26-14-20(4-2)11-23-12-20/h5-8H,3-4,9-14H2,1-2H3. The largest absolute Gasteiger partial charge is 0.482 e. The van der Waals surface area contributed by atoms with Gasteiger partial charge in [0.05, 0.1) is 38.4 Å². The summed E-state index contributed by atoms with van der Waals surface area (Å²) in [7, 11) is 0. The average Bonchev–Trinajstić information content (AvgIpc) is 2.60. The van der Waals surface area contributed by atoms with Gasteiger partial charge in [-0.3, -0.25) is 4.79 Å². The summed E-state index contributed by atoms with van der Waals surface area (Å²) in [5.41, 5.74) is 1.55. The maximum Gasteiger partial charge on any atom is 0.220 e. The molecule has 0 N–H and O–H groups in total. The second-order valence-corrected chi connectivity index (χ2v) is 8.71. The minimum atomic E-state index is 0.0449. The third kappa shape index (κ3) is 4.14. The lowest BCUT2D eigenvalue weighted by Gasteiger charge is -2.40. The molecule has 0 bridgehead atoms. The molecule has 2 fully saturated rings. The van der Waals surface area contributed by atoms with Crippen molar-refractivity contribution in [2.24, 2.45) is 10.8 Å². The smallest absolute Gasteiger partial charge is 0.220 e. The van der Waals surface area contributed by atoms with Crippen molar-refractivity contribution in [3.63, 3.8) is 0 Å².